The van der Waals surface area contributed by atoms with E-state index >= 15 is 0 Å². The van der Waals surface area contributed by atoms with Crippen molar-refractivity contribution in [3.8, 4) is 0 Å². The molecule has 0 bridgehead atoms. The van der Waals surface area contributed by atoms with Gasteiger partial charge in [0.15, 0.2) is 0 Å². The van der Waals surface area contributed by atoms with Gasteiger partial charge in [-0.3, -0.25) is 13.9 Å². The second-order valence-electron chi connectivity index (χ2n) is 11.0. The summed E-state index contributed by atoms with van der Waals surface area (Å²) >= 11 is 13.1. The highest BCUT2D eigenvalue weighted by molar-refractivity contribution is 7.92. The largest absolute Gasteiger partial charge is 0.352 e. The van der Waals surface area contributed by atoms with E-state index in [2.05, 4.69) is 5.32 Å². The van der Waals surface area contributed by atoms with E-state index in [1.807, 2.05) is 36.4 Å². The first-order chi connectivity index (χ1) is 20.6. The third-order valence-electron chi connectivity index (χ3n) is 7.81. The Bertz CT molecular complexity index is 1450. The predicted molar refractivity (Wildman–Crippen MR) is 174 cm³/mol. The Morgan fingerprint density at radius 3 is 2.09 bits per heavy atom. The van der Waals surface area contributed by atoms with Crippen LogP contribution in [0.3, 0.4) is 0 Å². The van der Waals surface area contributed by atoms with Gasteiger partial charge in [-0.15, -0.1) is 0 Å². The fraction of sp³-hybridized carbons (Fsp3) is 0.394. The van der Waals surface area contributed by atoms with E-state index in [1.165, 1.54) is 4.31 Å². The van der Waals surface area contributed by atoms with Crippen LogP contribution in [0.15, 0.2) is 78.9 Å². The first kappa shape index (κ1) is 32.8. The number of carbonyl (C=O) groups is 2. The number of rotatable bonds is 13. The molecular formula is C33H39Cl2N3O4S. The number of anilines is 1. The van der Waals surface area contributed by atoms with Crippen LogP contribution >= 0.6 is 23.2 Å². The summed E-state index contributed by atoms with van der Waals surface area (Å²) in [6, 6.07) is 22.8. The number of nitrogens with zero attached hydrogens (tertiary/aromatic N) is 2. The van der Waals surface area contributed by atoms with Crippen molar-refractivity contribution in [2.45, 2.75) is 70.0 Å². The van der Waals surface area contributed by atoms with Gasteiger partial charge in [0.05, 0.1) is 11.9 Å². The Labute approximate surface area is 265 Å². The van der Waals surface area contributed by atoms with E-state index in [0.717, 1.165) is 43.9 Å². The van der Waals surface area contributed by atoms with Crippen molar-refractivity contribution in [1.82, 2.24) is 10.2 Å². The molecule has 0 saturated heterocycles. The second kappa shape index (κ2) is 15.6. The van der Waals surface area contributed by atoms with Crippen LogP contribution in [0.1, 0.15) is 56.1 Å². The molecule has 0 heterocycles. The van der Waals surface area contributed by atoms with Crippen LogP contribution in [-0.2, 0) is 32.6 Å². The molecule has 1 saturated carbocycles. The lowest BCUT2D eigenvalue weighted by atomic mass is 9.94. The van der Waals surface area contributed by atoms with Crippen LogP contribution in [0.2, 0.25) is 10.0 Å². The zero-order valence-electron chi connectivity index (χ0n) is 24.4. The van der Waals surface area contributed by atoms with Gasteiger partial charge in [0.1, 0.15) is 6.04 Å². The SMILES string of the molecule is CS(=O)(=O)N(CCCC(=O)N(Cc1c(Cl)cccc1Cl)[C@@H](Cc1ccccc1)C(=O)NC1CCCCC1)c1ccccc1. The van der Waals surface area contributed by atoms with Crippen LogP contribution in [-0.4, -0.2) is 50.0 Å². The van der Waals surface area contributed by atoms with Crippen molar-refractivity contribution in [2.75, 3.05) is 17.1 Å². The number of hydrogen-bond acceptors (Lipinski definition) is 4. The number of nitrogens with one attached hydrogen (secondary N) is 1. The fourth-order valence-corrected chi connectivity index (χ4v) is 7.03. The smallest absolute Gasteiger partial charge is 0.243 e. The average Bonchev–Trinajstić information content (AvgIpc) is 2.99. The summed E-state index contributed by atoms with van der Waals surface area (Å²) in [4.78, 5) is 29.6. The Morgan fingerprint density at radius 2 is 1.49 bits per heavy atom. The maximum atomic E-state index is 14.1. The van der Waals surface area contributed by atoms with Crippen molar-refractivity contribution in [3.05, 3.63) is 100 Å². The topological polar surface area (TPSA) is 86.8 Å². The lowest BCUT2D eigenvalue weighted by Gasteiger charge is -2.34. The molecule has 3 aromatic rings. The number of sulfonamides is 1. The van der Waals surface area contributed by atoms with E-state index in [1.54, 1.807) is 47.4 Å². The first-order valence-corrected chi connectivity index (χ1v) is 17.3. The molecule has 10 heteroatoms. The minimum Gasteiger partial charge on any atom is -0.352 e. The average molecular weight is 645 g/mol. The molecule has 0 aromatic heterocycles. The van der Waals surface area contributed by atoms with Gasteiger partial charge in [0.25, 0.3) is 0 Å². The molecule has 230 valence electrons. The van der Waals surface area contributed by atoms with Gasteiger partial charge in [-0.2, -0.15) is 0 Å². The zero-order chi connectivity index (χ0) is 30.8. The van der Waals surface area contributed by atoms with E-state index < -0.39 is 16.1 Å². The highest BCUT2D eigenvalue weighted by Gasteiger charge is 2.32. The van der Waals surface area contributed by atoms with Gasteiger partial charge in [0, 0.05) is 47.6 Å². The van der Waals surface area contributed by atoms with E-state index in [0.29, 0.717) is 27.7 Å². The van der Waals surface area contributed by atoms with Gasteiger partial charge in [-0.25, -0.2) is 8.42 Å². The Hall–Kier alpha value is -3.07. The monoisotopic (exact) mass is 643 g/mol. The van der Waals surface area contributed by atoms with Crippen LogP contribution in [0.25, 0.3) is 0 Å². The molecule has 1 N–H and O–H groups in total. The Balaban J connectivity index is 1.62. The molecule has 2 amide bonds. The molecule has 0 aliphatic heterocycles. The molecule has 0 radical (unpaired) electrons. The summed E-state index contributed by atoms with van der Waals surface area (Å²) in [5.41, 5.74) is 2.01. The zero-order valence-corrected chi connectivity index (χ0v) is 26.8. The van der Waals surface area contributed by atoms with Crippen molar-refractivity contribution < 1.29 is 18.0 Å². The second-order valence-corrected chi connectivity index (χ2v) is 13.8. The molecule has 1 atom stereocenters. The molecule has 43 heavy (non-hydrogen) atoms. The maximum Gasteiger partial charge on any atom is 0.243 e. The molecular weight excluding hydrogens is 605 g/mol. The van der Waals surface area contributed by atoms with Crippen molar-refractivity contribution in [2.24, 2.45) is 0 Å². The van der Waals surface area contributed by atoms with Gasteiger partial charge in [0.2, 0.25) is 21.8 Å². The summed E-state index contributed by atoms with van der Waals surface area (Å²) in [6.07, 6.45) is 6.85. The number of benzene rings is 3. The number of halogens is 2. The quantitative estimate of drug-likeness (QED) is 0.227. The highest BCUT2D eigenvalue weighted by Crippen LogP contribution is 2.28. The summed E-state index contributed by atoms with van der Waals surface area (Å²) in [7, 11) is -3.57. The Kier molecular flexibility index (Phi) is 11.9. The van der Waals surface area contributed by atoms with Crippen molar-refractivity contribution in [3.63, 3.8) is 0 Å². The van der Waals surface area contributed by atoms with Gasteiger partial charge >= 0.3 is 0 Å². The van der Waals surface area contributed by atoms with Crippen LogP contribution in [0.5, 0.6) is 0 Å². The van der Waals surface area contributed by atoms with E-state index in [9.17, 15) is 18.0 Å². The molecule has 4 rings (SSSR count). The normalized spacial score (nSPS) is 14.6. The maximum absolute atomic E-state index is 14.1. The third-order valence-corrected chi connectivity index (χ3v) is 9.71. The minimum atomic E-state index is -3.57. The highest BCUT2D eigenvalue weighted by atomic mass is 35.5. The molecule has 1 aliphatic rings. The predicted octanol–water partition coefficient (Wildman–Crippen LogP) is 6.63. The molecule has 1 fully saturated rings. The third kappa shape index (κ3) is 9.46. The van der Waals surface area contributed by atoms with E-state index in [4.69, 9.17) is 23.2 Å². The molecule has 1 aliphatic carbocycles. The summed E-state index contributed by atoms with van der Waals surface area (Å²) in [5.74, 6) is -0.494. The molecule has 0 unspecified atom stereocenters. The van der Waals surface area contributed by atoms with E-state index in [-0.39, 0.29) is 43.8 Å². The van der Waals surface area contributed by atoms with Gasteiger partial charge < -0.3 is 10.2 Å². The first-order valence-electron chi connectivity index (χ1n) is 14.7. The van der Waals surface area contributed by atoms with Gasteiger partial charge in [-0.05, 0) is 49.1 Å². The number of carbonyl (C=O) groups excluding carboxylic acids is 2. The number of para-hydroxylation sites is 1. The minimum absolute atomic E-state index is 0.0307. The summed E-state index contributed by atoms with van der Waals surface area (Å²) in [6.45, 7) is 0.161. The van der Waals surface area contributed by atoms with Gasteiger partial charge in [-0.1, -0.05) is 97.1 Å². The van der Waals surface area contributed by atoms with Crippen LogP contribution in [0, 0.1) is 0 Å². The summed E-state index contributed by atoms with van der Waals surface area (Å²) < 4.78 is 26.5. The van der Waals surface area contributed by atoms with Crippen molar-refractivity contribution in [1.29, 1.82) is 0 Å². The fourth-order valence-electron chi connectivity index (χ4n) is 5.55. The molecule has 0 spiro atoms. The summed E-state index contributed by atoms with van der Waals surface area (Å²) in [5, 5.41) is 4.03. The van der Waals surface area contributed by atoms with Crippen LogP contribution < -0.4 is 9.62 Å². The lowest BCUT2D eigenvalue weighted by molar-refractivity contribution is -0.141. The molecule has 7 nitrogen and oxygen atoms in total. The van der Waals surface area contributed by atoms with Crippen molar-refractivity contribution >= 4 is 50.7 Å². The van der Waals surface area contributed by atoms with Crippen LogP contribution in [0.4, 0.5) is 5.69 Å². The number of hydrogen-bond donors (Lipinski definition) is 1. The Morgan fingerprint density at radius 1 is 0.884 bits per heavy atom. The number of amides is 2. The standard InChI is InChI=1S/C33H39Cl2N3O4S/c1-43(41,42)38(27-17-9-4-10-18-27)22-12-21-32(39)37(24-28-29(34)19-11-20-30(28)35)31(23-25-13-5-2-6-14-25)33(40)36-26-15-7-3-8-16-26/h2,4-6,9-11,13-14,17-20,26,31H,3,7-8,12,15-16,21-24H2,1H3,(H,36,40)/t31-/m0/s1. The molecule has 3 aromatic carbocycles. The lowest BCUT2D eigenvalue weighted by Crippen LogP contribution is -2.53.